The van der Waals surface area contributed by atoms with E-state index >= 15 is 0 Å². The van der Waals surface area contributed by atoms with Crippen molar-refractivity contribution in [1.29, 1.82) is 0 Å². The number of rotatable bonds is 10. The van der Waals surface area contributed by atoms with Gasteiger partial charge >= 0.3 is 0 Å². The molecule has 1 aliphatic carbocycles. The summed E-state index contributed by atoms with van der Waals surface area (Å²) >= 11 is 0. The van der Waals surface area contributed by atoms with Crippen LogP contribution in [0.5, 0.6) is 5.75 Å². The second-order valence-corrected chi connectivity index (χ2v) is 11.4. The van der Waals surface area contributed by atoms with E-state index in [1.54, 1.807) is 18.2 Å². The van der Waals surface area contributed by atoms with Crippen molar-refractivity contribution in [3.8, 4) is 5.75 Å². The average Bonchev–Trinajstić information content (AvgIpc) is 3.05. The average molecular weight is 412 g/mol. The molecule has 0 bridgehead atoms. The Morgan fingerprint density at radius 1 is 1.11 bits per heavy atom. The third-order valence-electron chi connectivity index (χ3n) is 4.76. The van der Waals surface area contributed by atoms with Gasteiger partial charge < -0.3 is 9.47 Å². The van der Waals surface area contributed by atoms with Crippen molar-refractivity contribution in [1.82, 2.24) is 4.72 Å². The molecule has 0 heterocycles. The van der Waals surface area contributed by atoms with Gasteiger partial charge in [-0.1, -0.05) is 26.8 Å². The Morgan fingerprint density at radius 3 is 2.43 bits per heavy atom. The minimum Gasteiger partial charge on any atom is -0.490 e. The van der Waals surface area contributed by atoms with Crippen LogP contribution in [0.1, 0.15) is 73.1 Å². The van der Waals surface area contributed by atoms with Gasteiger partial charge in [0.15, 0.2) is 0 Å². The van der Waals surface area contributed by atoms with Crippen molar-refractivity contribution in [2.45, 2.75) is 89.7 Å². The van der Waals surface area contributed by atoms with Crippen molar-refractivity contribution in [2.75, 3.05) is 13.2 Å². The van der Waals surface area contributed by atoms with Crippen LogP contribution in [0.2, 0.25) is 0 Å². The normalized spacial score (nSPS) is 16.5. The van der Waals surface area contributed by atoms with Crippen LogP contribution in [-0.2, 0) is 14.8 Å². The van der Waals surface area contributed by atoms with Gasteiger partial charge in [-0.25, -0.2) is 13.1 Å². The third kappa shape index (κ3) is 8.10. The Hall–Kier alpha value is -1.11. The van der Waals surface area contributed by atoms with E-state index in [2.05, 4.69) is 25.5 Å². The molecule has 1 saturated carbocycles. The predicted octanol–water partition coefficient (Wildman–Crippen LogP) is 4.91. The van der Waals surface area contributed by atoms with Gasteiger partial charge in [-0.2, -0.15) is 0 Å². The van der Waals surface area contributed by atoms with Gasteiger partial charge in [0.05, 0.1) is 17.6 Å². The molecule has 1 N–H and O–H groups in total. The number of benzene rings is 1. The van der Waals surface area contributed by atoms with E-state index in [0.717, 1.165) is 19.3 Å². The van der Waals surface area contributed by atoms with Gasteiger partial charge in [-0.05, 0) is 69.9 Å². The zero-order valence-electron chi connectivity index (χ0n) is 18.1. The summed E-state index contributed by atoms with van der Waals surface area (Å²) in [6.07, 6.45) is 6.15. The number of sulfonamides is 1. The molecule has 0 aliphatic heterocycles. The fourth-order valence-corrected chi connectivity index (χ4v) is 4.86. The van der Waals surface area contributed by atoms with Crippen LogP contribution in [0.3, 0.4) is 0 Å². The topological polar surface area (TPSA) is 64.6 Å². The van der Waals surface area contributed by atoms with Crippen LogP contribution in [0.25, 0.3) is 0 Å². The first-order valence-corrected chi connectivity index (χ1v) is 11.8. The molecule has 1 fully saturated rings. The minimum absolute atomic E-state index is 0.142. The molecule has 6 heteroatoms. The molecule has 0 saturated heterocycles. The van der Waals surface area contributed by atoms with Crippen LogP contribution in [0.4, 0.5) is 0 Å². The Morgan fingerprint density at radius 2 is 1.79 bits per heavy atom. The van der Waals surface area contributed by atoms with Gasteiger partial charge in [-0.15, -0.1) is 0 Å². The zero-order valence-corrected chi connectivity index (χ0v) is 18.9. The Labute approximate surface area is 171 Å². The summed E-state index contributed by atoms with van der Waals surface area (Å²) in [5.74, 6) is 0.628. The summed E-state index contributed by atoms with van der Waals surface area (Å²) in [6, 6.07) is 6.82. The molecule has 0 aromatic heterocycles. The van der Waals surface area contributed by atoms with E-state index in [0.29, 0.717) is 25.4 Å². The van der Waals surface area contributed by atoms with Crippen molar-refractivity contribution in [3.63, 3.8) is 0 Å². The first-order chi connectivity index (χ1) is 13.0. The van der Waals surface area contributed by atoms with E-state index in [4.69, 9.17) is 9.47 Å². The first-order valence-electron chi connectivity index (χ1n) is 10.4. The maximum absolute atomic E-state index is 12.9. The minimum atomic E-state index is -3.61. The lowest BCUT2D eigenvalue weighted by Gasteiger charge is -2.26. The van der Waals surface area contributed by atoms with Gasteiger partial charge in [0.2, 0.25) is 10.0 Å². The highest BCUT2D eigenvalue weighted by Crippen LogP contribution is 2.26. The summed E-state index contributed by atoms with van der Waals surface area (Å²) in [7, 11) is -3.61. The Balaban J connectivity index is 1.90. The van der Waals surface area contributed by atoms with Crippen molar-refractivity contribution in [2.24, 2.45) is 5.41 Å². The zero-order chi connectivity index (χ0) is 20.8. The molecule has 0 atom stereocenters. The second kappa shape index (κ2) is 9.59. The van der Waals surface area contributed by atoms with Crippen LogP contribution in [0.15, 0.2) is 29.2 Å². The van der Waals surface area contributed by atoms with Crippen molar-refractivity contribution >= 4 is 10.0 Å². The fourth-order valence-electron chi connectivity index (χ4n) is 3.38. The maximum atomic E-state index is 12.9. The highest BCUT2D eigenvalue weighted by atomic mass is 32.2. The van der Waals surface area contributed by atoms with E-state index in [9.17, 15) is 8.42 Å². The van der Waals surface area contributed by atoms with Gasteiger partial charge in [-0.3, -0.25) is 0 Å². The summed E-state index contributed by atoms with van der Waals surface area (Å²) in [4.78, 5) is 0.250. The quantitative estimate of drug-likeness (QED) is 0.556. The van der Waals surface area contributed by atoms with Gasteiger partial charge in [0, 0.05) is 18.2 Å². The van der Waals surface area contributed by atoms with Gasteiger partial charge in [0.1, 0.15) is 5.75 Å². The molecule has 28 heavy (non-hydrogen) atoms. The highest BCUT2D eigenvalue weighted by Gasteiger charge is 2.26. The maximum Gasteiger partial charge on any atom is 0.241 e. The molecule has 160 valence electrons. The molecule has 1 aromatic rings. The lowest BCUT2D eigenvalue weighted by atomic mass is 9.98. The van der Waals surface area contributed by atoms with Crippen molar-refractivity contribution in [3.05, 3.63) is 24.3 Å². The SMILES string of the molecule is CC(C)(C)COCCCC(C)(C)NS(=O)(=O)c1cccc(OC2CCCC2)c1. The van der Waals surface area contributed by atoms with Gasteiger partial charge in [0.25, 0.3) is 0 Å². The molecule has 0 amide bonds. The van der Waals surface area contributed by atoms with Crippen LogP contribution in [-0.4, -0.2) is 33.3 Å². The molecule has 0 spiro atoms. The summed E-state index contributed by atoms with van der Waals surface area (Å²) in [5, 5.41) is 0. The lowest BCUT2D eigenvalue weighted by molar-refractivity contribution is 0.0664. The molecule has 1 aliphatic rings. The van der Waals surface area contributed by atoms with Crippen LogP contribution >= 0.6 is 0 Å². The Kier molecular flexibility index (Phi) is 7.94. The van der Waals surface area contributed by atoms with E-state index in [1.807, 2.05) is 19.9 Å². The van der Waals surface area contributed by atoms with E-state index in [-0.39, 0.29) is 16.4 Å². The molecule has 2 rings (SSSR count). The standard InChI is InChI=1S/C22H37NO4S/c1-21(2,3)17-26-15-9-14-22(4,5)23-28(24,25)20-13-8-12-19(16-20)27-18-10-6-7-11-18/h8,12-13,16,18,23H,6-7,9-11,14-15,17H2,1-5H3. The number of hydrogen-bond acceptors (Lipinski definition) is 4. The molecule has 1 aromatic carbocycles. The lowest BCUT2D eigenvalue weighted by Crippen LogP contribution is -2.43. The number of ether oxygens (including phenoxy) is 2. The summed E-state index contributed by atoms with van der Waals surface area (Å²) < 4.78 is 40.2. The predicted molar refractivity (Wildman–Crippen MR) is 113 cm³/mol. The van der Waals surface area contributed by atoms with Crippen molar-refractivity contribution < 1.29 is 17.9 Å². The monoisotopic (exact) mass is 411 g/mol. The summed E-state index contributed by atoms with van der Waals surface area (Å²) in [6.45, 7) is 11.6. The molecule has 0 unspecified atom stereocenters. The third-order valence-corrected chi connectivity index (χ3v) is 6.45. The fraction of sp³-hybridized carbons (Fsp3) is 0.727. The highest BCUT2D eigenvalue weighted by molar-refractivity contribution is 7.89. The summed E-state index contributed by atoms with van der Waals surface area (Å²) in [5.41, 5.74) is -0.408. The molecular weight excluding hydrogens is 374 g/mol. The Bertz CT molecular complexity index is 716. The molecular formula is C22H37NO4S. The van der Waals surface area contributed by atoms with E-state index in [1.165, 1.54) is 12.8 Å². The first kappa shape index (κ1) is 23.2. The van der Waals surface area contributed by atoms with Crippen LogP contribution < -0.4 is 9.46 Å². The largest absolute Gasteiger partial charge is 0.490 e. The second-order valence-electron chi connectivity index (χ2n) is 9.71. The van der Waals surface area contributed by atoms with Crippen LogP contribution in [0, 0.1) is 5.41 Å². The van der Waals surface area contributed by atoms with E-state index < -0.39 is 15.6 Å². The smallest absolute Gasteiger partial charge is 0.241 e. The number of hydrogen-bond donors (Lipinski definition) is 1. The molecule has 0 radical (unpaired) electrons. The molecule has 5 nitrogen and oxygen atoms in total. The number of nitrogens with one attached hydrogen (secondary N) is 1.